The van der Waals surface area contributed by atoms with Crippen LogP contribution < -0.4 is 0 Å². The van der Waals surface area contributed by atoms with Gasteiger partial charge in [0.05, 0.1) is 12.2 Å². The number of aliphatic hydroxyl groups is 1. The lowest BCUT2D eigenvalue weighted by molar-refractivity contribution is -0.114. The van der Waals surface area contributed by atoms with Crippen LogP contribution in [-0.2, 0) is 4.74 Å². The van der Waals surface area contributed by atoms with Crippen molar-refractivity contribution in [3.8, 4) is 0 Å². The van der Waals surface area contributed by atoms with Crippen LogP contribution in [0.15, 0.2) is 0 Å². The molecule has 2 heteroatoms. The van der Waals surface area contributed by atoms with Crippen molar-refractivity contribution in [3.63, 3.8) is 0 Å². The second-order valence-corrected chi connectivity index (χ2v) is 15.4. The van der Waals surface area contributed by atoms with Crippen molar-refractivity contribution >= 4 is 0 Å². The molecule has 4 aliphatic rings. The fraction of sp³-hybridized carbons (Fsp3) is 1.00. The van der Waals surface area contributed by atoms with Gasteiger partial charge >= 0.3 is 0 Å². The molecule has 0 amide bonds. The van der Waals surface area contributed by atoms with E-state index >= 15 is 0 Å². The van der Waals surface area contributed by atoms with E-state index < -0.39 is 0 Å². The van der Waals surface area contributed by atoms with Crippen LogP contribution >= 0.6 is 0 Å². The molecule has 4 saturated carbocycles. The Hall–Kier alpha value is -0.0800. The van der Waals surface area contributed by atoms with Crippen molar-refractivity contribution in [2.75, 3.05) is 6.61 Å². The van der Waals surface area contributed by atoms with Gasteiger partial charge in [-0.3, -0.25) is 0 Å². The van der Waals surface area contributed by atoms with Crippen LogP contribution in [0.1, 0.15) is 146 Å². The summed E-state index contributed by atoms with van der Waals surface area (Å²) in [4.78, 5) is 0. The predicted octanol–water partition coefficient (Wildman–Crippen LogP) is 9.93. The average Bonchev–Trinajstić information content (AvgIpc) is 3.18. The van der Waals surface area contributed by atoms with E-state index in [1.165, 1.54) is 64.2 Å². The van der Waals surface area contributed by atoms with Crippen molar-refractivity contribution < 1.29 is 9.84 Å². The van der Waals surface area contributed by atoms with Gasteiger partial charge in [-0.25, -0.2) is 0 Å². The molecule has 0 aromatic carbocycles. The minimum atomic E-state index is 0.364. The molecule has 2 nitrogen and oxygen atoms in total. The largest absolute Gasteiger partial charge is 0.396 e. The van der Waals surface area contributed by atoms with Crippen LogP contribution in [0.5, 0.6) is 0 Å². The average molecular weight is 519 g/mol. The molecule has 4 aliphatic carbocycles. The molecule has 0 spiro atoms. The van der Waals surface area contributed by atoms with Gasteiger partial charge in [-0.15, -0.1) is 0 Å². The summed E-state index contributed by atoms with van der Waals surface area (Å²) in [5.74, 6) is 7.36. The molecule has 37 heavy (non-hydrogen) atoms. The third-order valence-corrected chi connectivity index (χ3v) is 12.3. The second kappa shape index (κ2) is 13.5. The zero-order valence-electron chi connectivity index (χ0n) is 26.5. The molecule has 0 radical (unpaired) electrons. The normalized spacial score (nSPS) is 39.0. The molecule has 9 atom stereocenters. The van der Waals surface area contributed by atoms with Crippen molar-refractivity contribution in [1.29, 1.82) is 0 Å². The Morgan fingerprint density at radius 2 is 1.38 bits per heavy atom. The highest BCUT2D eigenvalue weighted by Gasteiger charge is 2.60. The topological polar surface area (TPSA) is 29.5 Å². The van der Waals surface area contributed by atoms with Crippen LogP contribution in [0.3, 0.4) is 0 Å². The van der Waals surface area contributed by atoms with E-state index in [0.29, 0.717) is 41.5 Å². The molecule has 4 rings (SSSR count). The van der Waals surface area contributed by atoms with Gasteiger partial charge in [0.2, 0.25) is 0 Å². The van der Waals surface area contributed by atoms with E-state index in [4.69, 9.17) is 4.74 Å². The molecule has 1 N–H and O–H groups in total. The van der Waals surface area contributed by atoms with E-state index in [1.54, 1.807) is 12.8 Å². The molecule has 0 aromatic rings. The van der Waals surface area contributed by atoms with Gasteiger partial charge in [-0.1, -0.05) is 53.9 Å². The first-order chi connectivity index (χ1) is 17.4. The van der Waals surface area contributed by atoms with E-state index in [-0.39, 0.29) is 0 Å². The molecule has 218 valence electrons. The third kappa shape index (κ3) is 7.17. The number of rotatable bonds is 9. The number of hydrogen-bond donors (Lipinski definition) is 1. The maximum atomic E-state index is 9.47. The summed E-state index contributed by atoms with van der Waals surface area (Å²) in [6, 6.07) is 0. The quantitative estimate of drug-likeness (QED) is 0.329. The molecule has 1 unspecified atom stereocenters. The molecule has 0 aromatic heterocycles. The summed E-state index contributed by atoms with van der Waals surface area (Å²) >= 11 is 0. The monoisotopic (exact) mass is 519 g/mol. The van der Waals surface area contributed by atoms with Gasteiger partial charge in [0, 0.05) is 6.61 Å². The lowest BCUT2D eigenvalue weighted by Crippen LogP contribution is -2.53. The summed E-state index contributed by atoms with van der Waals surface area (Å²) in [6.07, 6.45) is 19.7. The Morgan fingerprint density at radius 3 is 1.97 bits per heavy atom. The first-order valence-electron chi connectivity index (χ1n) is 16.7. The highest BCUT2D eigenvalue weighted by molar-refractivity contribution is 5.09. The summed E-state index contributed by atoms with van der Waals surface area (Å²) in [5, 5.41) is 9.47. The minimum absolute atomic E-state index is 0.364. The number of fused-ring (bicyclic) bond motifs is 5. The Balaban J connectivity index is 0.000000479. The van der Waals surface area contributed by atoms with Gasteiger partial charge < -0.3 is 9.84 Å². The standard InChI is InChI=1S/C29H52O.C6H14O/c1-20(2)22(16-19-30)10-9-21(3)25-13-14-26-24-12-11-23-8-6-7-17-28(23,4)27(24)15-18-29(25,26)5;1-5(2)7-6(3)4/h20-27,30H,6-19H2,1-5H3;5-6H,1-4H3/t21-,22+,23?,24+,25-,26+,27+,28+,29-;/m1./s1. The first-order valence-corrected chi connectivity index (χ1v) is 16.7. The Bertz CT molecular complexity index is 664. The minimum Gasteiger partial charge on any atom is -0.396 e. The number of hydrogen-bond acceptors (Lipinski definition) is 2. The van der Waals surface area contributed by atoms with Gasteiger partial charge in [0.1, 0.15) is 0 Å². The SMILES string of the molecule is CC(C)OC(C)C.CC(C)[C@H](CCO)CC[C@@H](C)[C@H]1CC[C@H]2[C@@H]3CCC4CCCC[C@]4(C)[C@H]3CC[C@]12C. The Kier molecular flexibility index (Phi) is 11.5. The van der Waals surface area contributed by atoms with E-state index in [1.807, 2.05) is 27.7 Å². The third-order valence-electron chi connectivity index (χ3n) is 12.3. The van der Waals surface area contributed by atoms with Gasteiger partial charge in [-0.2, -0.15) is 0 Å². The van der Waals surface area contributed by atoms with Gasteiger partial charge in [-0.05, 0) is 150 Å². The molecule has 4 fully saturated rings. The van der Waals surface area contributed by atoms with Crippen LogP contribution in [0.25, 0.3) is 0 Å². The summed E-state index contributed by atoms with van der Waals surface area (Å²) in [5.41, 5.74) is 1.30. The first kappa shape index (κ1) is 31.4. The molecular weight excluding hydrogens is 452 g/mol. The molecule has 0 heterocycles. The summed E-state index contributed by atoms with van der Waals surface area (Å²) in [6.45, 7) is 21.3. The lowest BCUT2D eigenvalue weighted by atomic mass is 9.44. The molecular formula is C35H66O2. The molecule has 0 aliphatic heterocycles. The van der Waals surface area contributed by atoms with E-state index in [0.717, 1.165) is 41.9 Å². The second-order valence-electron chi connectivity index (χ2n) is 15.4. The lowest BCUT2D eigenvalue weighted by Gasteiger charge is -2.61. The zero-order valence-corrected chi connectivity index (χ0v) is 26.5. The van der Waals surface area contributed by atoms with Crippen LogP contribution in [0.2, 0.25) is 0 Å². The summed E-state index contributed by atoms with van der Waals surface area (Å²) < 4.78 is 5.25. The Morgan fingerprint density at radius 1 is 0.703 bits per heavy atom. The van der Waals surface area contributed by atoms with Gasteiger partial charge in [0.15, 0.2) is 0 Å². The van der Waals surface area contributed by atoms with Gasteiger partial charge in [0.25, 0.3) is 0 Å². The summed E-state index contributed by atoms with van der Waals surface area (Å²) in [7, 11) is 0. The molecule has 0 saturated heterocycles. The fourth-order valence-corrected chi connectivity index (χ4v) is 10.5. The van der Waals surface area contributed by atoms with Crippen molar-refractivity contribution in [2.24, 2.45) is 58.2 Å². The van der Waals surface area contributed by atoms with Crippen LogP contribution in [0.4, 0.5) is 0 Å². The zero-order chi connectivity index (χ0) is 27.4. The number of ether oxygens (including phenoxy) is 1. The van der Waals surface area contributed by atoms with E-state index in [2.05, 4.69) is 34.6 Å². The van der Waals surface area contributed by atoms with Crippen molar-refractivity contribution in [3.05, 3.63) is 0 Å². The van der Waals surface area contributed by atoms with E-state index in [9.17, 15) is 5.11 Å². The van der Waals surface area contributed by atoms with Crippen LogP contribution in [0, 0.1) is 58.2 Å². The van der Waals surface area contributed by atoms with Crippen molar-refractivity contribution in [2.45, 2.75) is 158 Å². The predicted molar refractivity (Wildman–Crippen MR) is 160 cm³/mol. The smallest absolute Gasteiger partial charge is 0.0522 e. The highest BCUT2D eigenvalue weighted by atomic mass is 16.5. The maximum absolute atomic E-state index is 9.47. The molecule has 0 bridgehead atoms. The highest BCUT2D eigenvalue weighted by Crippen LogP contribution is 2.68. The van der Waals surface area contributed by atoms with Crippen molar-refractivity contribution in [1.82, 2.24) is 0 Å². The maximum Gasteiger partial charge on any atom is 0.0522 e. The fourth-order valence-electron chi connectivity index (χ4n) is 10.5. The van der Waals surface area contributed by atoms with Crippen LogP contribution in [-0.4, -0.2) is 23.9 Å². The number of aliphatic hydroxyl groups excluding tert-OH is 1. The Labute approximate surface area is 232 Å².